The smallest absolute Gasteiger partial charge is 0.300 e. The summed E-state index contributed by atoms with van der Waals surface area (Å²) in [6, 6.07) is 0. The Morgan fingerprint density at radius 2 is 2.08 bits per heavy atom. The Kier molecular flexibility index (Phi) is 2.92. The van der Waals surface area contributed by atoms with Crippen molar-refractivity contribution < 1.29 is 13.2 Å². The minimum Gasteiger partial charge on any atom is -0.300 e. The molecule has 4 N–H and O–H groups in total. The molecule has 0 aromatic heterocycles. The quantitative estimate of drug-likeness (QED) is 0.406. The van der Waals surface area contributed by atoms with E-state index >= 15 is 0 Å². The maximum Gasteiger partial charge on any atom is 0.394 e. The standard InChI is InChI=1S/C6H12F3N3/c7-6(8,9)4-2-1-3-11-5(4)12-10/h4-5,11-12H,1-3,10H2. The van der Waals surface area contributed by atoms with Gasteiger partial charge in [-0.1, -0.05) is 0 Å². The second-order valence-electron chi connectivity index (χ2n) is 2.89. The van der Waals surface area contributed by atoms with Gasteiger partial charge in [-0.05, 0) is 19.4 Å². The van der Waals surface area contributed by atoms with Crippen molar-refractivity contribution in [1.82, 2.24) is 10.7 Å². The zero-order valence-corrected chi connectivity index (χ0v) is 6.49. The van der Waals surface area contributed by atoms with Gasteiger partial charge in [-0.25, -0.2) is 5.43 Å². The van der Waals surface area contributed by atoms with Crippen LogP contribution in [-0.2, 0) is 0 Å². The Morgan fingerprint density at radius 3 is 2.50 bits per heavy atom. The van der Waals surface area contributed by atoms with Gasteiger partial charge in [-0.2, -0.15) is 13.2 Å². The van der Waals surface area contributed by atoms with Crippen LogP contribution in [0, 0.1) is 5.92 Å². The summed E-state index contributed by atoms with van der Waals surface area (Å²) < 4.78 is 36.7. The van der Waals surface area contributed by atoms with Crippen LogP contribution < -0.4 is 16.6 Å². The summed E-state index contributed by atoms with van der Waals surface area (Å²) >= 11 is 0. The van der Waals surface area contributed by atoms with Gasteiger partial charge >= 0.3 is 6.18 Å². The molecule has 0 spiro atoms. The number of rotatable bonds is 1. The van der Waals surface area contributed by atoms with Crippen molar-refractivity contribution in [1.29, 1.82) is 0 Å². The van der Waals surface area contributed by atoms with E-state index in [0.717, 1.165) is 0 Å². The number of hydrazine groups is 1. The van der Waals surface area contributed by atoms with Crippen molar-refractivity contribution in [2.75, 3.05) is 6.54 Å². The lowest BCUT2D eigenvalue weighted by Crippen LogP contribution is -2.57. The van der Waals surface area contributed by atoms with E-state index < -0.39 is 18.3 Å². The van der Waals surface area contributed by atoms with Crippen molar-refractivity contribution in [2.45, 2.75) is 25.2 Å². The van der Waals surface area contributed by atoms with Crippen LogP contribution in [0.25, 0.3) is 0 Å². The van der Waals surface area contributed by atoms with Gasteiger partial charge in [0, 0.05) is 0 Å². The monoisotopic (exact) mass is 183 g/mol. The molecule has 1 saturated heterocycles. The Balaban J connectivity index is 2.59. The van der Waals surface area contributed by atoms with E-state index in [1.54, 1.807) is 0 Å². The van der Waals surface area contributed by atoms with Crippen LogP contribution in [-0.4, -0.2) is 18.9 Å². The summed E-state index contributed by atoms with van der Waals surface area (Å²) in [5, 5.41) is 2.67. The molecule has 0 bridgehead atoms. The molecular weight excluding hydrogens is 171 g/mol. The Labute approximate surface area is 68.5 Å². The first kappa shape index (κ1) is 9.76. The van der Waals surface area contributed by atoms with E-state index in [1.807, 2.05) is 0 Å². The molecule has 1 fully saturated rings. The lowest BCUT2D eigenvalue weighted by molar-refractivity contribution is -0.190. The van der Waals surface area contributed by atoms with Gasteiger partial charge in [0.1, 0.15) is 0 Å². The molecule has 0 aliphatic carbocycles. The van der Waals surface area contributed by atoms with Gasteiger partial charge in [0.25, 0.3) is 0 Å². The normalized spacial score (nSPS) is 32.0. The van der Waals surface area contributed by atoms with E-state index in [0.29, 0.717) is 13.0 Å². The summed E-state index contributed by atoms with van der Waals surface area (Å²) in [6.45, 7) is 0.585. The Morgan fingerprint density at radius 1 is 1.42 bits per heavy atom. The topological polar surface area (TPSA) is 50.1 Å². The SMILES string of the molecule is NNC1NCCCC1C(F)(F)F. The molecule has 2 unspecified atom stereocenters. The van der Waals surface area contributed by atoms with Crippen molar-refractivity contribution in [3.8, 4) is 0 Å². The molecule has 0 aromatic rings. The summed E-state index contributed by atoms with van der Waals surface area (Å²) in [6.07, 6.45) is -4.31. The molecule has 72 valence electrons. The molecule has 1 aliphatic heterocycles. The molecule has 0 radical (unpaired) electrons. The Hall–Kier alpha value is -0.330. The summed E-state index contributed by atoms with van der Waals surface area (Å²) in [5.74, 6) is 3.61. The number of nitrogens with one attached hydrogen (secondary N) is 2. The van der Waals surface area contributed by atoms with E-state index in [2.05, 4.69) is 10.7 Å². The highest BCUT2D eigenvalue weighted by atomic mass is 19.4. The van der Waals surface area contributed by atoms with Crippen molar-refractivity contribution in [3.63, 3.8) is 0 Å². The van der Waals surface area contributed by atoms with Gasteiger partial charge in [-0.15, -0.1) is 0 Å². The van der Waals surface area contributed by atoms with Crippen LogP contribution in [0.4, 0.5) is 13.2 Å². The van der Waals surface area contributed by atoms with Gasteiger partial charge in [0.15, 0.2) is 0 Å². The highest BCUT2D eigenvalue weighted by Crippen LogP contribution is 2.33. The fraction of sp³-hybridized carbons (Fsp3) is 1.00. The Bertz CT molecular complexity index is 147. The predicted octanol–water partition coefficient (Wildman–Crippen LogP) is 0.338. The number of hydrogen-bond donors (Lipinski definition) is 3. The molecule has 1 heterocycles. The van der Waals surface area contributed by atoms with Crippen LogP contribution in [0.2, 0.25) is 0 Å². The molecule has 12 heavy (non-hydrogen) atoms. The van der Waals surface area contributed by atoms with Gasteiger partial charge in [-0.3, -0.25) is 5.84 Å². The third-order valence-corrected chi connectivity index (χ3v) is 2.06. The van der Waals surface area contributed by atoms with Crippen LogP contribution in [0.15, 0.2) is 0 Å². The molecule has 1 rings (SSSR count). The van der Waals surface area contributed by atoms with E-state index in [1.165, 1.54) is 0 Å². The number of halogens is 3. The third-order valence-electron chi connectivity index (χ3n) is 2.06. The van der Waals surface area contributed by atoms with E-state index in [4.69, 9.17) is 5.84 Å². The van der Waals surface area contributed by atoms with E-state index in [9.17, 15) is 13.2 Å². The van der Waals surface area contributed by atoms with Crippen molar-refractivity contribution in [3.05, 3.63) is 0 Å². The molecule has 1 aliphatic rings. The molecule has 0 aromatic carbocycles. The van der Waals surface area contributed by atoms with Crippen LogP contribution >= 0.6 is 0 Å². The maximum absolute atomic E-state index is 12.2. The number of hydrogen-bond acceptors (Lipinski definition) is 3. The van der Waals surface area contributed by atoms with Crippen LogP contribution in [0.5, 0.6) is 0 Å². The molecule has 3 nitrogen and oxygen atoms in total. The number of piperidine rings is 1. The molecule has 0 amide bonds. The molecule has 6 heteroatoms. The summed E-state index contributed by atoms with van der Waals surface area (Å²) in [4.78, 5) is 0. The minimum atomic E-state index is -4.16. The molecule has 0 saturated carbocycles. The number of nitrogens with two attached hydrogens (primary N) is 1. The van der Waals surface area contributed by atoms with Gasteiger partial charge in [0.2, 0.25) is 0 Å². The fourth-order valence-corrected chi connectivity index (χ4v) is 1.42. The highest BCUT2D eigenvalue weighted by molar-refractivity contribution is 4.82. The molecule has 2 atom stereocenters. The maximum atomic E-state index is 12.2. The fourth-order valence-electron chi connectivity index (χ4n) is 1.42. The first-order valence-corrected chi connectivity index (χ1v) is 3.82. The average Bonchev–Trinajstić information content (AvgIpc) is 2.03. The largest absolute Gasteiger partial charge is 0.394 e. The average molecular weight is 183 g/mol. The molecular formula is C6H12F3N3. The predicted molar refractivity (Wildman–Crippen MR) is 37.9 cm³/mol. The zero-order chi connectivity index (χ0) is 9.19. The summed E-state index contributed by atoms with van der Waals surface area (Å²) in [5.41, 5.74) is 2.13. The van der Waals surface area contributed by atoms with E-state index in [-0.39, 0.29) is 6.42 Å². The van der Waals surface area contributed by atoms with Crippen LogP contribution in [0.1, 0.15) is 12.8 Å². The highest BCUT2D eigenvalue weighted by Gasteiger charge is 2.45. The lowest BCUT2D eigenvalue weighted by Gasteiger charge is -2.33. The minimum absolute atomic E-state index is 0.144. The lowest BCUT2D eigenvalue weighted by atomic mass is 9.96. The number of alkyl halides is 3. The van der Waals surface area contributed by atoms with Gasteiger partial charge in [0.05, 0.1) is 12.1 Å². The van der Waals surface area contributed by atoms with Crippen molar-refractivity contribution >= 4 is 0 Å². The van der Waals surface area contributed by atoms with Crippen molar-refractivity contribution in [2.24, 2.45) is 11.8 Å². The second kappa shape index (κ2) is 3.59. The first-order chi connectivity index (χ1) is 5.55. The first-order valence-electron chi connectivity index (χ1n) is 3.82. The zero-order valence-electron chi connectivity index (χ0n) is 6.49. The van der Waals surface area contributed by atoms with Crippen LogP contribution in [0.3, 0.4) is 0 Å². The van der Waals surface area contributed by atoms with Gasteiger partial charge < -0.3 is 5.32 Å². The third kappa shape index (κ3) is 2.09. The second-order valence-corrected chi connectivity index (χ2v) is 2.89. The summed E-state index contributed by atoms with van der Waals surface area (Å²) in [7, 11) is 0.